The van der Waals surface area contributed by atoms with E-state index in [9.17, 15) is 14.0 Å². The molecule has 4 nitrogen and oxygen atoms in total. The lowest BCUT2D eigenvalue weighted by Gasteiger charge is -2.25. The van der Waals surface area contributed by atoms with E-state index in [0.717, 1.165) is 11.1 Å². The summed E-state index contributed by atoms with van der Waals surface area (Å²) >= 11 is 6.34. The minimum Gasteiger partial charge on any atom is -0.450 e. The maximum Gasteiger partial charge on any atom is 0.291 e. The summed E-state index contributed by atoms with van der Waals surface area (Å²) in [5.74, 6) is -0.779. The highest BCUT2D eigenvalue weighted by Gasteiger charge is 2.42. The number of fused-ring (bicyclic) bond motifs is 2. The predicted molar refractivity (Wildman–Crippen MR) is 117 cm³/mol. The van der Waals surface area contributed by atoms with Crippen LogP contribution in [0, 0.1) is 12.7 Å². The van der Waals surface area contributed by atoms with Crippen molar-refractivity contribution in [2.45, 2.75) is 19.5 Å². The Labute approximate surface area is 182 Å². The highest BCUT2D eigenvalue weighted by Crippen LogP contribution is 2.39. The lowest BCUT2D eigenvalue weighted by molar-refractivity contribution is 0.0714. The number of carbonyl (C=O) groups is 1. The zero-order chi connectivity index (χ0) is 21.7. The fourth-order valence-corrected chi connectivity index (χ4v) is 4.29. The van der Waals surface area contributed by atoms with Crippen molar-refractivity contribution in [3.63, 3.8) is 0 Å². The molecule has 0 N–H and O–H groups in total. The molecule has 6 heteroatoms. The highest BCUT2D eigenvalue weighted by molar-refractivity contribution is 6.31. The van der Waals surface area contributed by atoms with Gasteiger partial charge in [-0.2, -0.15) is 0 Å². The Kier molecular flexibility index (Phi) is 4.63. The van der Waals surface area contributed by atoms with Crippen LogP contribution in [0.2, 0.25) is 5.02 Å². The summed E-state index contributed by atoms with van der Waals surface area (Å²) in [6.45, 7) is 2.07. The molecule has 0 spiro atoms. The van der Waals surface area contributed by atoms with Gasteiger partial charge in [0.2, 0.25) is 5.76 Å². The molecule has 1 atom stereocenters. The monoisotopic (exact) mass is 433 g/mol. The molecule has 1 amide bonds. The Morgan fingerprint density at radius 2 is 1.77 bits per heavy atom. The van der Waals surface area contributed by atoms with Crippen molar-refractivity contribution >= 4 is 28.5 Å². The second kappa shape index (κ2) is 7.36. The Bertz CT molecular complexity index is 1390. The number of nitrogens with zero attached hydrogens (tertiary/aromatic N) is 1. The number of benzene rings is 3. The van der Waals surface area contributed by atoms with Crippen molar-refractivity contribution in [3.8, 4) is 0 Å². The molecule has 0 aliphatic carbocycles. The highest BCUT2D eigenvalue weighted by atomic mass is 35.5. The minimum atomic E-state index is -0.708. The summed E-state index contributed by atoms with van der Waals surface area (Å²) < 4.78 is 19.5. The number of halogens is 2. The molecule has 31 heavy (non-hydrogen) atoms. The molecule has 2 heterocycles. The number of hydrogen-bond donors (Lipinski definition) is 0. The van der Waals surface area contributed by atoms with Crippen LogP contribution in [0.5, 0.6) is 0 Å². The SMILES string of the molecule is Cc1ccc2oc3c(c(=O)c2c1)[C@@H](c1ccc(F)cc1)N(Cc1ccccc1Cl)C3=O. The first-order chi connectivity index (χ1) is 14.9. The third kappa shape index (κ3) is 3.22. The Hall–Kier alpha value is -3.44. The van der Waals surface area contributed by atoms with E-state index in [1.807, 2.05) is 31.2 Å². The van der Waals surface area contributed by atoms with E-state index in [4.69, 9.17) is 16.0 Å². The van der Waals surface area contributed by atoms with Crippen LogP contribution in [0.25, 0.3) is 11.0 Å². The number of hydrogen-bond acceptors (Lipinski definition) is 3. The lowest BCUT2D eigenvalue weighted by Crippen LogP contribution is -2.29. The molecule has 0 saturated heterocycles. The maximum absolute atomic E-state index is 13.6. The van der Waals surface area contributed by atoms with Crippen molar-refractivity contribution in [2.24, 2.45) is 0 Å². The third-order valence-corrected chi connectivity index (χ3v) is 5.97. The molecule has 0 saturated carbocycles. The third-order valence-electron chi connectivity index (χ3n) is 5.61. The predicted octanol–water partition coefficient (Wildman–Crippen LogP) is 5.64. The normalized spacial score (nSPS) is 15.5. The molecule has 1 aliphatic heterocycles. The van der Waals surface area contributed by atoms with Gasteiger partial charge in [0.15, 0.2) is 5.43 Å². The van der Waals surface area contributed by atoms with Gasteiger partial charge in [0.1, 0.15) is 11.4 Å². The molecule has 1 aliphatic rings. The lowest BCUT2D eigenvalue weighted by atomic mass is 9.98. The average molecular weight is 434 g/mol. The summed E-state index contributed by atoms with van der Waals surface area (Å²) in [6.07, 6.45) is 0. The smallest absolute Gasteiger partial charge is 0.291 e. The van der Waals surface area contributed by atoms with Crippen LogP contribution in [0.1, 0.15) is 38.9 Å². The second-order valence-electron chi connectivity index (χ2n) is 7.65. The van der Waals surface area contributed by atoms with Crippen molar-refractivity contribution in [2.75, 3.05) is 0 Å². The molecule has 5 rings (SSSR count). The van der Waals surface area contributed by atoms with Gasteiger partial charge in [-0.05, 0) is 48.4 Å². The van der Waals surface area contributed by atoms with Crippen LogP contribution in [-0.2, 0) is 6.54 Å². The molecule has 0 bridgehead atoms. The standard InChI is InChI=1S/C25H17ClFNO3/c1-14-6-11-20-18(12-14)23(29)21-22(15-7-9-17(27)10-8-15)28(25(30)24(21)31-20)13-16-4-2-3-5-19(16)26/h2-12,22H,13H2,1H3/t22-/m1/s1. The van der Waals surface area contributed by atoms with E-state index in [1.165, 1.54) is 12.1 Å². The number of carbonyl (C=O) groups excluding carboxylic acids is 1. The van der Waals surface area contributed by atoms with Crippen molar-refractivity contribution < 1.29 is 13.6 Å². The Morgan fingerprint density at radius 1 is 1.03 bits per heavy atom. The van der Waals surface area contributed by atoms with Gasteiger partial charge in [-0.1, -0.05) is 53.6 Å². The zero-order valence-corrected chi connectivity index (χ0v) is 17.3. The fraction of sp³-hybridized carbons (Fsp3) is 0.120. The molecule has 1 aromatic heterocycles. The maximum atomic E-state index is 13.6. The van der Waals surface area contributed by atoms with Crippen LogP contribution < -0.4 is 5.43 Å². The van der Waals surface area contributed by atoms with Gasteiger partial charge < -0.3 is 9.32 Å². The van der Waals surface area contributed by atoms with Crippen LogP contribution in [-0.4, -0.2) is 10.8 Å². The molecule has 3 aromatic carbocycles. The topological polar surface area (TPSA) is 50.5 Å². The van der Waals surface area contributed by atoms with Crippen LogP contribution in [0.3, 0.4) is 0 Å². The number of aryl methyl sites for hydroxylation is 1. The first kappa shape index (κ1) is 19.5. The molecular formula is C25H17ClFNO3. The summed E-state index contributed by atoms with van der Waals surface area (Å²) in [5, 5.41) is 0.933. The Morgan fingerprint density at radius 3 is 2.52 bits per heavy atom. The molecule has 0 unspecified atom stereocenters. The van der Waals surface area contributed by atoms with Crippen molar-refractivity contribution in [1.29, 1.82) is 0 Å². The van der Waals surface area contributed by atoms with E-state index >= 15 is 0 Å². The van der Waals surface area contributed by atoms with Gasteiger partial charge in [-0.3, -0.25) is 9.59 Å². The summed E-state index contributed by atoms with van der Waals surface area (Å²) in [6, 6.07) is 17.6. The number of amides is 1. The summed E-state index contributed by atoms with van der Waals surface area (Å²) in [5.41, 5.74) is 2.65. The fourth-order valence-electron chi connectivity index (χ4n) is 4.10. The van der Waals surface area contributed by atoms with Gasteiger partial charge in [0.05, 0.1) is 17.0 Å². The summed E-state index contributed by atoms with van der Waals surface area (Å²) in [4.78, 5) is 28.4. The van der Waals surface area contributed by atoms with Crippen LogP contribution in [0.4, 0.5) is 4.39 Å². The van der Waals surface area contributed by atoms with E-state index in [1.54, 1.807) is 35.2 Å². The number of rotatable bonds is 3. The van der Waals surface area contributed by atoms with Gasteiger partial charge in [-0.25, -0.2) is 4.39 Å². The average Bonchev–Trinajstić information content (AvgIpc) is 3.03. The zero-order valence-electron chi connectivity index (χ0n) is 16.6. The van der Waals surface area contributed by atoms with Crippen LogP contribution in [0.15, 0.2) is 75.9 Å². The molecule has 0 radical (unpaired) electrons. The minimum absolute atomic E-state index is 0.0164. The first-order valence-corrected chi connectivity index (χ1v) is 10.2. The molecule has 0 fully saturated rings. The van der Waals surface area contributed by atoms with Gasteiger partial charge >= 0.3 is 0 Å². The second-order valence-corrected chi connectivity index (χ2v) is 8.06. The van der Waals surface area contributed by atoms with E-state index in [2.05, 4.69) is 0 Å². The molecule has 154 valence electrons. The quantitative estimate of drug-likeness (QED) is 0.420. The Balaban J connectivity index is 1.74. The van der Waals surface area contributed by atoms with E-state index in [0.29, 0.717) is 21.6 Å². The van der Waals surface area contributed by atoms with Gasteiger partial charge in [0.25, 0.3) is 5.91 Å². The van der Waals surface area contributed by atoms with Gasteiger partial charge in [0, 0.05) is 11.6 Å². The molecular weight excluding hydrogens is 417 g/mol. The van der Waals surface area contributed by atoms with Crippen LogP contribution >= 0.6 is 11.6 Å². The van der Waals surface area contributed by atoms with Gasteiger partial charge in [-0.15, -0.1) is 0 Å². The van der Waals surface area contributed by atoms with Crippen molar-refractivity contribution in [1.82, 2.24) is 4.90 Å². The van der Waals surface area contributed by atoms with E-state index < -0.39 is 17.8 Å². The first-order valence-electron chi connectivity index (χ1n) is 9.81. The largest absolute Gasteiger partial charge is 0.450 e. The summed E-state index contributed by atoms with van der Waals surface area (Å²) in [7, 11) is 0. The molecule has 4 aromatic rings. The van der Waals surface area contributed by atoms with Crippen molar-refractivity contribution in [3.05, 3.63) is 116 Å². The van der Waals surface area contributed by atoms with E-state index in [-0.39, 0.29) is 23.3 Å².